The lowest BCUT2D eigenvalue weighted by Crippen LogP contribution is -2.13. The molecule has 0 aliphatic heterocycles. The molecular weight excluding hydrogens is 464 g/mol. The lowest BCUT2D eigenvalue weighted by atomic mass is 9.86. The Balaban J connectivity index is 1.34. The molecule has 9 heteroatoms. The van der Waals surface area contributed by atoms with E-state index in [0.717, 1.165) is 66.6 Å². The highest BCUT2D eigenvalue weighted by Gasteiger charge is 2.22. The first-order valence-electron chi connectivity index (χ1n) is 13.5. The van der Waals surface area contributed by atoms with Gasteiger partial charge in [-0.3, -0.25) is 9.78 Å². The fourth-order valence-corrected chi connectivity index (χ4v) is 5.15. The Labute approximate surface area is 217 Å². The minimum atomic E-state index is 0.0878. The average molecular weight is 499 g/mol. The summed E-state index contributed by atoms with van der Waals surface area (Å²) < 4.78 is 1.93. The van der Waals surface area contributed by atoms with Crippen molar-refractivity contribution in [2.24, 2.45) is 5.92 Å². The van der Waals surface area contributed by atoms with Crippen LogP contribution in [0.15, 0.2) is 42.7 Å². The minimum absolute atomic E-state index is 0.0878. The van der Waals surface area contributed by atoms with Gasteiger partial charge in [-0.25, -0.2) is 14.8 Å². The Morgan fingerprint density at radius 3 is 2.65 bits per heavy atom. The predicted molar refractivity (Wildman–Crippen MR) is 141 cm³/mol. The molecule has 1 aliphatic rings. The van der Waals surface area contributed by atoms with Crippen molar-refractivity contribution >= 4 is 5.78 Å². The molecule has 37 heavy (non-hydrogen) atoms. The maximum atomic E-state index is 13.0. The monoisotopic (exact) mass is 498 g/mol. The molecule has 0 spiro atoms. The van der Waals surface area contributed by atoms with Crippen LogP contribution in [-0.4, -0.2) is 46.2 Å². The summed E-state index contributed by atoms with van der Waals surface area (Å²) in [4.78, 5) is 22.0. The third-order valence-corrected chi connectivity index (χ3v) is 7.22. The molecule has 1 aliphatic carbocycles. The van der Waals surface area contributed by atoms with Crippen LogP contribution in [0.5, 0.6) is 0 Å². The molecule has 3 aromatic heterocycles. The van der Waals surface area contributed by atoms with E-state index in [9.17, 15) is 4.79 Å². The SMILES string of the molecule is CCCCCc1nc(C(=O)CC2CCCCC2)nn1Cc1ccc(-c2ccncc2-c2nnn[nH]2)cc1. The number of ketones is 1. The van der Waals surface area contributed by atoms with Gasteiger partial charge in [-0.1, -0.05) is 76.1 Å². The lowest BCUT2D eigenvalue weighted by molar-refractivity contribution is 0.0939. The number of rotatable bonds is 11. The van der Waals surface area contributed by atoms with E-state index >= 15 is 0 Å². The molecule has 0 unspecified atom stereocenters. The molecule has 1 aromatic carbocycles. The molecule has 0 bridgehead atoms. The van der Waals surface area contributed by atoms with E-state index in [1.165, 1.54) is 19.3 Å². The van der Waals surface area contributed by atoms with Crippen molar-refractivity contribution in [1.82, 2.24) is 40.4 Å². The number of carbonyl (C=O) groups excluding carboxylic acids is 1. The molecule has 5 rings (SSSR count). The van der Waals surface area contributed by atoms with Gasteiger partial charge >= 0.3 is 0 Å². The third-order valence-electron chi connectivity index (χ3n) is 7.22. The maximum Gasteiger partial charge on any atom is 0.217 e. The fourth-order valence-electron chi connectivity index (χ4n) is 5.15. The Morgan fingerprint density at radius 1 is 1.05 bits per heavy atom. The summed E-state index contributed by atoms with van der Waals surface area (Å²) in [6.45, 7) is 2.78. The highest BCUT2D eigenvalue weighted by Crippen LogP contribution is 2.29. The van der Waals surface area contributed by atoms with Gasteiger partial charge in [-0.05, 0) is 45.5 Å². The first kappa shape index (κ1) is 24.9. The van der Waals surface area contributed by atoms with Crippen LogP contribution in [0, 0.1) is 5.92 Å². The summed E-state index contributed by atoms with van der Waals surface area (Å²) in [6.07, 6.45) is 14.3. The van der Waals surface area contributed by atoms with Crippen LogP contribution in [-0.2, 0) is 13.0 Å². The van der Waals surface area contributed by atoms with E-state index in [1.807, 2.05) is 10.7 Å². The predicted octanol–water partition coefficient (Wildman–Crippen LogP) is 5.45. The van der Waals surface area contributed by atoms with Gasteiger partial charge in [-0.2, -0.15) is 0 Å². The van der Waals surface area contributed by atoms with E-state index in [4.69, 9.17) is 10.1 Å². The highest BCUT2D eigenvalue weighted by atomic mass is 16.1. The number of aromatic nitrogens is 8. The van der Waals surface area contributed by atoms with Crippen LogP contribution in [0.2, 0.25) is 0 Å². The summed E-state index contributed by atoms with van der Waals surface area (Å²) in [6, 6.07) is 10.3. The van der Waals surface area contributed by atoms with Crippen molar-refractivity contribution in [3.63, 3.8) is 0 Å². The molecule has 0 saturated heterocycles. The van der Waals surface area contributed by atoms with E-state index in [2.05, 4.69) is 56.8 Å². The molecule has 3 heterocycles. The number of carbonyl (C=O) groups is 1. The number of unbranched alkanes of at least 4 members (excludes halogenated alkanes) is 2. The number of pyridine rings is 1. The van der Waals surface area contributed by atoms with E-state index in [0.29, 0.717) is 30.5 Å². The molecule has 0 atom stereocenters. The summed E-state index contributed by atoms with van der Waals surface area (Å²) in [5, 5.41) is 18.9. The van der Waals surface area contributed by atoms with E-state index in [-0.39, 0.29) is 5.78 Å². The average Bonchev–Trinajstić information content (AvgIpc) is 3.61. The molecule has 4 aromatic rings. The van der Waals surface area contributed by atoms with Crippen LogP contribution >= 0.6 is 0 Å². The number of nitrogens with one attached hydrogen (secondary N) is 1. The number of H-pyrrole nitrogens is 1. The van der Waals surface area contributed by atoms with Gasteiger partial charge in [0, 0.05) is 30.8 Å². The van der Waals surface area contributed by atoms with Gasteiger partial charge in [0.15, 0.2) is 5.82 Å². The zero-order valence-corrected chi connectivity index (χ0v) is 21.4. The van der Waals surface area contributed by atoms with Crippen molar-refractivity contribution in [1.29, 1.82) is 0 Å². The van der Waals surface area contributed by atoms with Crippen LogP contribution in [0.4, 0.5) is 0 Å². The lowest BCUT2D eigenvalue weighted by Gasteiger charge is -2.19. The number of hydrogen-bond acceptors (Lipinski definition) is 7. The fraction of sp³-hybridized carbons (Fsp3) is 0.464. The second kappa shape index (κ2) is 12.0. The summed E-state index contributed by atoms with van der Waals surface area (Å²) >= 11 is 0. The zero-order chi connectivity index (χ0) is 25.5. The van der Waals surface area contributed by atoms with Crippen molar-refractivity contribution in [3.05, 3.63) is 59.9 Å². The topological polar surface area (TPSA) is 115 Å². The Kier molecular flexibility index (Phi) is 8.08. The zero-order valence-electron chi connectivity index (χ0n) is 21.4. The number of Topliss-reactive ketones (excluding diaryl/α,β-unsaturated/α-hetero) is 1. The van der Waals surface area contributed by atoms with Gasteiger partial charge in [-0.15, -0.1) is 10.2 Å². The van der Waals surface area contributed by atoms with Crippen molar-refractivity contribution < 1.29 is 4.79 Å². The molecule has 1 fully saturated rings. The Bertz CT molecular complexity index is 1290. The maximum absolute atomic E-state index is 13.0. The molecule has 192 valence electrons. The summed E-state index contributed by atoms with van der Waals surface area (Å²) in [5.74, 6) is 2.44. The smallest absolute Gasteiger partial charge is 0.217 e. The van der Waals surface area contributed by atoms with E-state index < -0.39 is 0 Å². The van der Waals surface area contributed by atoms with Crippen LogP contribution in [0.3, 0.4) is 0 Å². The van der Waals surface area contributed by atoms with E-state index in [1.54, 1.807) is 12.4 Å². The minimum Gasteiger partial charge on any atom is -0.291 e. The molecule has 9 nitrogen and oxygen atoms in total. The third kappa shape index (κ3) is 6.15. The van der Waals surface area contributed by atoms with Crippen LogP contribution < -0.4 is 0 Å². The van der Waals surface area contributed by atoms with Crippen molar-refractivity contribution in [3.8, 4) is 22.5 Å². The molecule has 1 saturated carbocycles. The van der Waals surface area contributed by atoms with Crippen LogP contribution in [0.25, 0.3) is 22.5 Å². The van der Waals surface area contributed by atoms with Gasteiger partial charge in [0.05, 0.1) is 6.54 Å². The number of hydrogen-bond donors (Lipinski definition) is 1. The molecular formula is C28H34N8O. The number of aromatic amines is 1. The number of nitrogens with zero attached hydrogens (tertiary/aromatic N) is 7. The standard InChI is InChI=1S/C28H34N8O/c1-2-3-5-10-26-30-28(25(37)17-20-8-6-4-7-9-20)33-36(26)19-21-11-13-22(14-12-21)23-15-16-29-18-24(23)27-31-34-35-32-27/h11-16,18,20H,2-10,17,19H2,1H3,(H,31,32,34,35). The van der Waals surface area contributed by atoms with Crippen LogP contribution in [0.1, 0.15) is 86.7 Å². The van der Waals surface area contributed by atoms with Gasteiger partial charge in [0.1, 0.15) is 5.82 Å². The van der Waals surface area contributed by atoms with Crippen molar-refractivity contribution in [2.75, 3.05) is 0 Å². The first-order valence-corrected chi connectivity index (χ1v) is 13.5. The first-order chi connectivity index (χ1) is 18.2. The quantitative estimate of drug-likeness (QED) is 0.216. The number of tetrazole rings is 1. The number of benzene rings is 1. The normalized spacial score (nSPS) is 14.2. The summed E-state index contributed by atoms with van der Waals surface area (Å²) in [7, 11) is 0. The second-order valence-corrected chi connectivity index (χ2v) is 9.97. The van der Waals surface area contributed by atoms with Gasteiger partial charge in [0.2, 0.25) is 11.6 Å². The van der Waals surface area contributed by atoms with Gasteiger partial charge in [0.25, 0.3) is 0 Å². The summed E-state index contributed by atoms with van der Waals surface area (Å²) in [5.41, 5.74) is 3.99. The van der Waals surface area contributed by atoms with Crippen molar-refractivity contribution in [2.45, 2.75) is 77.7 Å². The van der Waals surface area contributed by atoms with Gasteiger partial charge < -0.3 is 0 Å². The Morgan fingerprint density at radius 2 is 1.89 bits per heavy atom. The largest absolute Gasteiger partial charge is 0.291 e. The number of aryl methyl sites for hydroxylation is 1. The highest BCUT2D eigenvalue weighted by molar-refractivity contribution is 5.92. The molecule has 0 amide bonds. The molecule has 0 radical (unpaired) electrons. The second-order valence-electron chi connectivity index (χ2n) is 9.97. The Hall–Kier alpha value is -3.75. The molecule has 1 N–H and O–H groups in total.